The maximum atomic E-state index is 12.1. The molecule has 0 amide bonds. The molecular formula is C31H56O9S. The molecule has 1 aromatic carbocycles. The van der Waals surface area contributed by atoms with Gasteiger partial charge in [0, 0.05) is 6.61 Å². The van der Waals surface area contributed by atoms with Crippen LogP contribution in [-0.4, -0.2) is 94.3 Å². The summed E-state index contributed by atoms with van der Waals surface area (Å²) in [6.07, 6.45) is 13.3. The Morgan fingerprint density at radius 2 is 0.805 bits per heavy atom. The van der Waals surface area contributed by atoms with E-state index < -0.39 is 10.1 Å². The molecule has 0 radical (unpaired) electrons. The molecular weight excluding hydrogens is 548 g/mol. The molecule has 0 N–H and O–H groups in total. The third-order valence-corrected chi connectivity index (χ3v) is 7.60. The fraction of sp³-hybridized carbons (Fsp3) is 0.806. The van der Waals surface area contributed by atoms with Crippen molar-refractivity contribution in [1.29, 1.82) is 0 Å². The van der Waals surface area contributed by atoms with Crippen molar-refractivity contribution in [2.45, 2.75) is 83.0 Å². The molecule has 41 heavy (non-hydrogen) atoms. The van der Waals surface area contributed by atoms with Crippen LogP contribution in [0.4, 0.5) is 0 Å². The quantitative estimate of drug-likeness (QED) is 0.0778. The van der Waals surface area contributed by atoms with E-state index in [4.69, 9.17) is 32.6 Å². The minimum absolute atomic E-state index is 0.0441. The summed E-state index contributed by atoms with van der Waals surface area (Å²) in [4.78, 5) is 0.139. The summed E-state index contributed by atoms with van der Waals surface area (Å²) >= 11 is 0. The molecule has 0 fully saturated rings. The van der Waals surface area contributed by atoms with Gasteiger partial charge in [-0.2, -0.15) is 8.42 Å². The second kappa shape index (κ2) is 27.7. The molecule has 0 heterocycles. The van der Waals surface area contributed by atoms with Crippen LogP contribution in [-0.2, 0) is 42.7 Å². The molecule has 0 spiro atoms. The average Bonchev–Trinajstić information content (AvgIpc) is 2.96. The Bertz CT molecular complexity index is 787. The van der Waals surface area contributed by atoms with Gasteiger partial charge in [-0.15, -0.1) is 0 Å². The molecule has 1 aromatic rings. The molecule has 1 rings (SSSR count). The molecule has 240 valence electrons. The molecule has 10 heteroatoms. The first-order valence-corrected chi connectivity index (χ1v) is 16.9. The molecule has 0 bridgehead atoms. The van der Waals surface area contributed by atoms with Crippen molar-refractivity contribution in [3.05, 3.63) is 29.8 Å². The normalized spacial score (nSPS) is 11.9. The predicted octanol–water partition coefficient (Wildman–Crippen LogP) is 5.72. The van der Waals surface area contributed by atoms with Crippen molar-refractivity contribution < 1.29 is 41.0 Å². The summed E-state index contributed by atoms with van der Waals surface area (Å²) in [5, 5.41) is 0. The number of rotatable bonds is 31. The Morgan fingerprint density at radius 1 is 0.463 bits per heavy atom. The fourth-order valence-corrected chi connectivity index (χ4v) is 4.76. The second-order valence-corrected chi connectivity index (χ2v) is 11.6. The van der Waals surface area contributed by atoms with Gasteiger partial charge in [0.2, 0.25) is 0 Å². The fourth-order valence-electron chi connectivity index (χ4n) is 3.87. The van der Waals surface area contributed by atoms with Crippen molar-refractivity contribution >= 4 is 10.1 Å². The molecule has 0 saturated carbocycles. The largest absolute Gasteiger partial charge is 0.379 e. The van der Waals surface area contributed by atoms with Crippen LogP contribution in [0, 0.1) is 6.92 Å². The molecule has 9 nitrogen and oxygen atoms in total. The van der Waals surface area contributed by atoms with Crippen LogP contribution in [0.2, 0.25) is 0 Å². The lowest BCUT2D eigenvalue weighted by atomic mass is 10.1. The van der Waals surface area contributed by atoms with E-state index in [1.54, 1.807) is 12.1 Å². The number of ether oxygens (including phenoxy) is 6. The highest BCUT2D eigenvalue weighted by Crippen LogP contribution is 2.13. The Morgan fingerprint density at radius 3 is 1.22 bits per heavy atom. The monoisotopic (exact) mass is 604 g/mol. The lowest BCUT2D eigenvalue weighted by molar-refractivity contribution is -0.0178. The second-order valence-electron chi connectivity index (χ2n) is 9.95. The van der Waals surface area contributed by atoms with Crippen molar-refractivity contribution in [2.24, 2.45) is 0 Å². The number of unbranched alkanes of at least 4 members (excludes halogenated alkanes) is 9. The lowest BCUT2D eigenvalue weighted by Gasteiger charge is -2.09. The van der Waals surface area contributed by atoms with Crippen molar-refractivity contribution in [2.75, 3.05) is 85.9 Å². The highest BCUT2D eigenvalue weighted by Gasteiger charge is 2.14. The van der Waals surface area contributed by atoms with E-state index in [0.29, 0.717) is 66.1 Å². The van der Waals surface area contributed by atoms with Crippen molar-refractivity contribution in [3.63, 3.8) is 0 Å². The third-order valence-electron chi connectivity index (χ3n) is 6.28. The smallest absolute Gasteiger partial charge is 0.297 e. The number of aryl methyl sites for hydroxylation is 1. The molecule has 0 aliphatic carbocycles. The van der Waals surface area contributed by atoms with Crippen LogP contribution in [0.15, 0.2) is 29.2 Å². The van der Waals surface area contributed by atoms with E-state index >= 15 is 0 Å². The molecule has 0 aliphatic rings. The van der Waals surface area contributed by atoms with E-state index in [9.17, 15) is 8.42 Å². The summed E-state index contributed by atoms with van der Waals surface area (Å²) < 4.78 is 62.0. The minimum Gasteiger partial charge on any atom is -0.379 e. The zero-order chi connectivity index (χ0) is 29.7. The zero-order valence-electron chi connectivity index (χ0n) is 25.7. The van der Waals surface area contributed by atoms with Crippen LogP contribution in [0.25, 0.3) is 0 Å². The van der Waals surface area contributed by atoms with Gasteiger partial charge in [-0.1, -0.05) is 82.4 Å². The van der Waals surface area contributed by atoms with Crippen molar-refractivity contribution in [3.8, 4) is 0 Å². The first-order chi connectivity index (χ1) is 20.1. The molecule has 0 saturated heterocycles. The third kappa shape index (κ3) is 24.1. The summed E-state index contributed by atoms with van der Waals surface area (Å²) in [6, 6.07) is 6.52. The van der Waals surface area contributed by atoms with Crippen LogP contribution in [0.3, 0.4) is 0 Å². The van der Waals surface area contributed by atoms with Gasteiger partial charge in [0.05, 0.1) is 84.2 Å². The number of hydrogen-bond donors (Lipinski definition) is 0. The molecule has 0 aromatic heterocycles. The van der Waals surface area contributed by atoms with Crippen LogP contribution < -0.4 is 0 Å². The summed E-state index contributed by atoms with van der Waals surface area (Å²) in [7, 11) is -3.76. The van der Waals surface area contributed by atoms with Crippen LogP contribution in [0.5, 0.6) is 0 Å². The van der Waals surface area contributed by atoms with Crippen LogP contribution >= 0.6 is 0 Å². The molecule has 0 atom stereocenters. The Kier molecular flexibility index (Phi) is 25.6. The maximum Gasteiger partial charge on any atom is 0.297 e. The Balaban J connectivity index is 1.71. The minimum atomic E-state index is -3.76. The van der Waals surface area contributed by atoms with E-state index in [1.807, 2.05) is 6.92 Å². The predicted molar refractivity (Wildman–Crippen MR) is 161 cm³/mol. The SMILES string of the molecule is CCCCCCCCCCCCOCCOCCOCCOCCOCCOCCOS(=O)(=O)c1ccc(C)cc1. The molecule has 0 aliphatic heterocycles. The lowest BCUT2D eigenvalue weighted by Crippen LogP contribution is -2.15. The van der Waals surface area contributed by atoms with Gasteiger partial charge >= 0.3 is 0 Å². The van der Waals surface area contributed by atoms with Gasteiger partial charge in [0.1, 0.15) is 0 Å². The van der Waals surface area contributed by atoms with Gasteiger partial charge < -0.3 is 28.4 Å². The van der Waals surface area contributed by atoms with Gasteiger partial charge in [0.25, 0.3) is 10.1 Å². The first-order valence-electron chi connectivity index (χ1n) is 15.5. The highest BCUT2D eigenvalue weighted by molar-refractivity contribution is 7.86. The van der Waals surface area contributed by atoms with Gasteiger partial charge in [-0.3, -0.25) is 4.18 Å². The van der Waals surface area contributed by atoms with E-state index in [-0.39, 0.29) is 18.1 Å². The summed E-state index contributed by atoms with van der Waals surface area (Å²) in [5.74, 6) is 0. The summed E-state index contributed by atoms with van der Waals surface area (Å²) in [6.45, 7) is 10.1. The van der Waals surface area contributed by atoms with E-state index in [1.165, 1.54) is 69.9 Å². The zero-order valence-corrected chi connectivity index (χ0v) is 26.5. The average molecular weight is 605 g/mol. The first kappa shape index (κ1) is 37.9. The number of benzene rings is 1. The Labute approximate surface area is 249 Å². The van der Waals surface area contributed by atoms with Crippen molar-refractivity contribution in [1.82, 2.24) is 0 Å². The Hall–Kier alpha value is -1.11. The van der Waals surface area contributed by atoms with E-state index in [2.05, 4.69) is 6.92 Å². The highest BCUT2D eigenvalue weighted by atomic mass is 32.2. The molecule has 0 unspecified atom stereocenters. The van der Waals surface area contributed by atoms with Crippen LogP contribution in [0.1, 0.15) is 76.7 Å². The van der Waals surface area contributed by atoms with E-state index in [0.717, 1.165) is 18.6 Å². The maximum absolute atomic E-state index is 12.1. The van der Waals surface area contributed by atoms with Gasteiger partial charge in [-0.25, -0.2) is 0 Å². The standard InChI is InChI=1S/C31H56O9S/c1-3-4-5-6-7-8-9-10-11-12-17-34-18-19-35-20-21-36-22-23-37-24-25-38-26-27-39-28-29-40-41(32,33)31-15-13-30(2)14-16-31/h13-16H,3-12,17-29H2,1-2H3. The van der Waals surface area contributed by atoms with Gasteiger partial charge in [-0.05, 0) is 25.5 Å². The topological polar surface area (TPSA) is 98.8 Å². The summed E-state index contributed by atoms with van der Waals surface area (Å²) in [5.41, 5.74) is 0.984. The van der Waals surface area contributed by atoms with Gasteiger partial charge in [0.15, 0.2) is 0 Å². The number of hydrogen-bond acceptors (Lipinski definition) is 9.